The molecule has 1 atom stereocenters. The minimum atomic E-state index is 0.377. The smallest absolute Gasteiger partial charge is 0.244 e. The highest BCUT2D eigenvalue weighted by Gasteiger charge is 2.19. The van der Waals surface area contributed by atoms with Crippen molar-refractivity contribution in [3.8, 4) is 0 Å². The summed E-state index contributed by atoms with van der Waals surface area (Å²) in [4.78, 5) is 2.32. The molecule has 1 aliphatic heterocycles. The Labute approximate surface area is 116 Å². The van der Waals surface area contributed by atoms with Crippen molar-refractivity contribution in [3.63, 3.8) is 0 Å². The van der Waals surface area contributed by atoms with Gasteiger partial charge in [0, 0.05) is 12.6 Å². The van der Waals surface area contributed by atoms with Gasteiger partial charge in [0.25, 0.3) is 0 Å². The molecular formula is C12H17ClN6. The fourth-order valence-electron chi connectivity index (χ4n) is 2.55. The Hall–Kier alpha value is -1.40. The Kier molecular flexibility index (Phi) is 3.28. The molecule has 19 heavy (non-hydrogen) atoms. The molecule has 0 spiro atoms. The lowest BCUT2D eigenvalue weighted by atomic mass is 10.1. The number of anilines is 1. The maximum Gasteiger partial charge on any atom is 0.244 e. The number of rotatable bonds is 2. The molecule has 3 rings (SSSR count). The predicted octanol–water partition coefficient (Wildman–Crippen LogP) is 1.59. The first-order chi connectivity index (χ1) is 9.13. The van der Waals surface area contributed by atoms with Crippen LogP contribution in [0, 0.1) is 6.92 Å². The molecular weight excluding hydrogens is 264 g/mol. The zero-order valence-corrected chi connectivity index (χ0v) is 11.9. The molecule has 0 unspecified atom stereocenters. The van der Waals surface area contributed by atoms with Crippen LogP contribution in [0.4, 0.5) is 5.95 Å². The van der Waals surface area contributed by atoms with Gasteiger partial charge in [-0.2, -0.15) is 9.61 Å². The number of aryl methyl sites for hydroxylation is 1. The van der Waals surface area contributed by atoms with Crippen LogP contribution in [0.15, 0.2) is 6.07 Å². The SMILES string of the molecule is Cc1cc2c(Cl)nnc(N[C@@H]3CCCN(C)C3)n2n1. The Morgan fingerprint density at radius 1 is 1.42 bits per heavy atom. The third-order valence-electron chi connectivity index (χ3n) is 3.43. The molecule has 3 heterocycles. The molecule has 1 N–H and O–H groups in total. The minimum Gasteiger partial charge on any atom is -0.349 e. The van der Waals surface area contributed by atoms with Gasteiger partial charge in [0.2, 0.25) is 5.95 Å². The van der Waals surface area contributed by atoms with Gasteiger partial charge in [-0.05, 0) is 39.4 Å². The van der Waals surface area contributed by atoms with Crippen LogP contribution in [0.2, 0.25) is 5.15 Å². The van der Waals surface area contributed by atoms with Crippen molar-refractivity contribution in [2.24, 2.45) is 0 Å². The third kappa shape index (κ3) is 2.50. The van der Waals surface area contributed by atoms with E-state index in [1.807, 2.05) is 13.0 Å². The Bertz CT molecular complexity index is 595. The van der Waals surface area contributed by atoms with E-state index in [2.05, 4.69) is 32.6 Å². The zero-order chi connectivity index (χ0) is 13.4. The summed E-state index contributed by atoms with van der Waals surface area (Å²) >= 11 is 6.04. The normalized spacial score (nSPS) is 20.9. The summed E-state index contributed by atoms with van der Waals surface area (Å²) in [5.41, 5.74) is 1.70. The molecule has 1 fully saturated rings. The molecule has 6 nitrogen and oxygen atoms in total. The van der Waals surface area contributed by atoms with Crippen molar-refractivity contribution in [2.75, 3.05) is 25.5 Å². The molecule has 0 radical (unpaired) electrons. The number of nitrogens with one attached hydrogen (secondary N) is 1. The fourth-order valence-corrected chi connectivity index (χ4v) is 2.72. The third-order valence-corrected chi connectivity index (χ3v) is 3.70. The standard InChI is InChI=1S/C12H17ClN6/c1-8-6-10-11(13)15-16-12(19(10)17-8)14-9-4-3-5-18(2)7-9/h6,9H,3-5,7H2,1-2H3,(H,14,16)/t9-/m1/s1. The van der Waals surface area contributed by atoms with Crippen molar-refractivity contribution in [2.45, 2.75) is 25.8 Å². The molecule has 1 aliphatic rings. The lowest BCUT2D eigenvalue weighted by Gasteiger charge is -2.30. The number of fused-ring (bicyclic) bond motifs is 1. The van der Waals surface area contributed by atoms with Crippen LogP contribution in [0.1, 0.15) is 18.5 Å². The minimum absolute atomic E-state index is 0.377. The summed E-state index contributed by atoms with van der Waals surface area (Å²) in [5, 5.41) is 16.3. The van der Waals surface area contributed by atoms with E-state index in [-0.39, 0.29) is 0 Å². The first-order valence-corrected chi connectivity index (χ1v) is 6.85. The number of hydrogen-bond donors (Lipinski definition) is 1. The van der Waals surface area contributed by atoms with Crippen LogP contribution in [-0.2, 0) is 0 Å². The van der Waals surface area contributed by atoms with Crippen LogP contribution in [0.5, 0.6) is 0 Å². The highest BCUT2D eigenvalue weighted by Crippen LogP contribution is 2.19. The van der Waals surface area contributed by atoms with E-state index in [0.29, 0.717) is 17.1 Å². The van der Waals surface area contributed by atoms with Crippen molar-refractivity contribution in [1.29, 1.82) is 0 Å². The molecule has 0 aromatic carbocycles. The first-order valence-electron chi connectivity index (χ1n) is 6.47. The van der Waals surface area contributed by atoms with Gasteiger partial charge >= 0.3 is 0 Å². The van der Waals surface area contributed by atoms with Crippen LogP contribution in [0.25, 0.3) is 5.52 Å². The van der Waals surface area contributed by atoms with Crippen molar-refractivity contribution in [1.82, 2.24) is 24.7 Å². The molecule has 2 aromatic rings. The topological polar surface area (TPSA) is 58.4 Å². The van der Waals surface area contributed by atoms with Crippen molar-refractivity contribution in [3.05, 3.63) is 16.9 Å². The van der Waals surface area contributed by atoms with Crippen LogP contribution in [0.3, 0.4) is 0 Å². The zero-order valence-electron chi connectivity index (χ0n) is 11.1. The van der Waals surface area contributed by atoms with E-state index in [4.69, 9.17) is 11.6 Å². The van der Waals surface area contributed by atoms with Gasteiger partial charge in [-0.15, -0.1) is 10.2 Å². The van der Waals surface area contributed by atoms with Gasteiger partial charge in [0.05, 0.1) is 5.69 Å². The van der Waals surface area contributed by atoms with E-state index in [9.17, 15) is 0 Å². The van der Waals surface area contributed by atoms with Gasteiger partial charge in [0.15, 0.2) is 5.15 Å². The summed E-state index contributed by atoms with van der Waals surface area (Å²) in [6, 6.07) is 2.29. The van der Waals surface area contributed by atoms with Crippen LogP contribution in [-0.4, -0.2) is 50.9 Å². The van der Waals surface area contributed by atoms with Gasteiger partial charge in [-0.3, -0.25) is 0 Å². The van der Waals surface area contributed by atoms with Gasteiger partial charge in [-0.25, -0.2) is 0 Å². The number of nitrogens with zero attached hydrogens (tertiary/aromatic N) is 5. The molecule has 0 aliphatic carbocycles. The molecule has 0 bridgehead atoms. The Morgan fingerprint density at radius 2 is 2.26 bits per heavy atom. The van der Waals surface area contributed by atoms with Gasteiger partial charge in [0.1, 0.15) is 5.52 Å². The Morgan fingerprint density at radius 3 is 3.05 bits per heavy atom. The molecule has 102 valence electrons. The van der Waals surface area contributed by atoms with E-state index in [1.165, 1.54) is 6.42 Å². The Balaban J connectivity index is 1.90. The molecule has 0 amide bonds. The second-order valence-electron chi connectivity index (χ2n) is 5.14. The first kappa shape index (κ1) is 12.6. The average molecular weight is 281 g/mol. The number of likely N-dealkylation sites (N-methyl/N-ethyl adjacent to an activating group) is 1. The summed E-state index contributed by atoms with van der Waals surface area (Å²) in [6.45, 7) is 4.09. The predicted molar refractivity (Wildman–Crippen MR) is 74.7 cm³/mol. The highest BCUT2D eigenvalue weighted by atomic mass is 35.5. The van der Waals surface area contributed by atoms with Gasteiger partial charge < -0.3 is 10.2 Å². The number of aromatic nitrogens is 4. The van der Waals surface area contributed by atoms with Crippen molar-refractivity contribution >= 4 is 23.1 Å². The second-order valence-corrected chi connectivity index (χ2v) is 5.50. The maximum atomic E-state index is 6.04. The average Bonchev–Trinajstić information content (AvgIpc) is 2.76. The largest absolute Gasteiger partial charge is 0.349 e. The van der Waals surface area contributed by atoms with Crippen LogP contribution < -0.4 is 5.32 Å². The van der Waals surface area contributed by atoms with Crippen molar-refractivity contribution < 1.29 is 0 Å². The van der Waals surface area contributed by atoms with E-state index >= 15 is 0 Å². The summed E-state index contributed by atoms with van der Waals surface area (Å²) < 4.78 is 1.74. The molecule has 1 saturated heterocycles. The molecule has 2 aromatic heterocycles. The van der Waals surface area contributed by atoms with E-state index in [1.54, 1.807) is 4.52 Å². The summed E-state index contributed by atoms with van der Waals surface area (Å²) in [7, 11) is 2.13. The number of halogens is 1. The van der Waals surface area contributed by atoms with Crippen LogP contribution >= 0.6 is 11.6 Å². The van der Waals surface area contributed by atoms with E-state index < -0.39 is 0 Å². The maximum absolute atomic E-state index is 6.04. The number of piperidine rings is 1. The van der Waals surface area contributed by atoms with Gasteiger partial charge in [-0.1, -0.05) is 11.6 Å². The second kappa shape index (κ2) is 4.94. The lowest BCUT2D eigenvalue weighted by molar-refractivity contribution is 0.260. The fraction of sp³-hybridized carbons (Fsp3) is 0.583. The number of hydrogen-bond acceptors (Lipinski definition) is 5. The summed E-state index contributed by atoms with van der Waals surface area (Å²) in [6.07, 6.45) is 2.33. The molecule has 0 saturated carbocycles. The summed E-state index contributed by atoms with van der Waals surface area (Å²) in [5.74, 6) is 0.660. The highest BCUT2D eigenvalue weighted by molar-refractivity contribution is 6.32. The monoisotopic (exact) mass is 280 g/mol. The number of likely N-dealkylation sites (tertiary alicyclic amines) is 1. The molecule has 7 heteroatoms. The van der Waals surface area contributed by atoms with E-state index in [0.717, 1.165) is 30.7 Å². The quantitative estimate of drug-likeness (QED) is 0.905. The lowest BCUT2D eigenvalue weighted by Crippen LogP contribution is -2.40.